The summed E-state index contributed by atoms with van der Waals surface area (Å²) < 4.78 is 27.4. The van der Waals surface area contributed by atoms with Crippen LogP contribution in [0, 0.1) is 0 Å². The minimum absolute atomic E-state index is 0.0789. The fourth-order valence-corrected chi connectivity index (χ4v) is 5.91. The zero-order valence-corrected chi connectivity index (χ0v) is 23.6. The van der Waals surface area contributed by atoms with E-state index in [1.807, 2.05) is 43.3 Å². The third-order valence-corrected chi connectivity index (χ3v) is 7.80. The number of allylic oxidation sites excluding steroid dienone is 1. The van der Waals surface area contributed by atoms with Gasteiger partial charge >= 0.3 is 0 Å². The first kappa shape index (κ1) is 26.9. The van der Waals surface area contributed by atoms with Crippen molar-refractivity contribution in [2.45, 2.75) is 58.0 Å². The van der Waals surface area contributed by atoms with Gasteiger partial charge < -0.3 is 14.2 Å². The Hall–Kier alpha value is -3.65. The van der Waals surface area contributed by atoms with Crippen molar-refractivity contribution in [3.05, 3.63) is 82.3 Å². The molecule has 0 bridgehead atoms. The van der Waals surface area contributed by atoms with Gasteiger partial charge in [0.25, 0.3) is 0 Å². The molecule has 2 aromatic carbocycles. The Bertz CT molecular complexity index is 1540. The lowest BCUT2D eigenvalue weighted by atomic mass is 10.0. The highest BCUT2D eigenvalue weighted by molar-refractivity contribution is 8.00. The molecule has 1 N–H and O–H groups in total. The van der Waals surface area contributed by atoms with Crippen molar-refractivity contribution < 1.29 is 18.5 Å². The molecule has 204 valence electrons. The average molecular weight is 546 g/mol. The molecule has 1 saturated carbocycles. The largest absolute Gasteiger partial charge is 0.496 e. The number of fused-ring (bicyclic) bond motifs is 1. The average Bonchev–Trinajstić information content (AvgIpc) is 3.58. The van der Waals surface area contributed by atoms with E-state index in [9.17, 15) is 9.00 Å². The van der Waals surface area contributed by atoms with Crippen molar-refractivity contribution in [3.8, 4) is 11.6 Å². The molecule has 8 heteroatoms. The minimum atomic E-state index is -2.40. The highest BCUT2D eigenvalue weighted by atomic mass is 32.2. The molecule has 5 rings (SSSR count). The van der Waals surface area contributed by atoms with Gasteiger partial charge in [-0.25, -0.2) is 9.19 Å². The Morgan fingerprint density at radius 3 is 2.67 bits per heavy atom. The number of ketones is 1. The van der Waals surface area contributed by atoms with Gasteiger partial charge in [0.1, 0.15) is 17.7 Å². The lowest BCUT2D eigenvalue weighted by molar-refractivity contribution is 0.0988. The molecule has 0 aliphatic heterocycles. The third-order valence-electron chi connectivity index (χ3n) is 7.13. The molecule has 1 heterocycles. The van der Waals surface area contributed by atoms with Gasteiger partial charge in [0, 0.05) is 52.0 Å². The first-order valence-electron chi connectivity index (χ1n) is 13.4. The summed E-state index contributed by atoms with van der Waals surface area (Å²) in [4.78, 5) is 22.1. The Kier molecular flexibility index (Phi) is 7.75. The van der Waals surface area contributed by atoms with E-state index >= 15 is 0 Å². The van der Waals surface area contributed by atoms with Crippen molar-refractivity contribution in [1.82, 2.24) is 9.97 Å². The number of rotatable bonds is 10. The molecule has 0 saturated heterocycles. The van der Waals surface area contributed by atoms with Crippen molar-refractivity contribution in [3.63, 3.8) is 0 Å². The molecule has 2 aliphatic rings. The maximum Gasteiger partial charge on any atom is 0.225 e. The van der Waals surface area contributed by atoms with Crippen LogP contribution in [0.2, 0.25) is 0 Å². The second-order valence-electron chi connectivity index (χ2n) is 10.3. The van der Waals surface area contributed by atoms with E-state index in [-0.39, 0.29) is 11.9 Å². The van der Waals surface area contributed by atoms with E-state index in [4.69, 9.17) is 19.4 Å². The van der Waals surface area contributed by atoms with E-state index in [2.05, 4.69) is 16.7 Å². The molecule has 3 aromatic rings. The van der Waals surface area contributed by atoms with Gasteiger partial charge in [-0.2, -0.15) is 4.98 Å². The summed E-state index contributed by atoms with van der Waals surface area (Å²) in [7, 11) is -0.787. The van der Waals surface area contributed by atoms with Crippen LogP contribution in [-0.2, 0) is 22.5 Å². The molecule has 1 atom stereocenters. The Morgan fingerprint density at radius 2 is 1.95 bits per heavy atom. The number of methoxy groups -OCH3 is 1. The van der Waals surface area contributed by atoms with Crippen LogP contribution in [0.3, 0.4) is 0 Å². The van der Waals surface area contributed by atoms with Crippen LogP contribution >= 0.6 is 0 Å². The van der Waals surface area contributed by atoms with Crippen LogP contribution in [0.5, 0.6) is 11.6 Å². The van der Waals surface area contributed by atoms with Gasteiger partial charge in [-0.15, -0.1) is 0 Å². The maximum atomic E-state index is 12.2. The van der Waals surface area contributed by atoms with Crippen LogP contribution in [0.25, 0.3) is 5.57 Å². The van der Waals surface area contributed by atoms with Crippen molar-refractivity contribution in [1.29, 1.82) is 0 Å². The first-order valence-corrected chi connectivity index (χ1v) is 15.5. The minimum Gasteiger partial charge on any atom is -0.496 e. The first-order chi connectivity index (χ1) is 18.7. The molecule has 2 aliphatic carbocycles. The molecule has 0 spiro atoms. The smallest absolute Gasteiger partial charge is 0.225 e. The Balaban J connectivity index is 1.51. The highest BCUT2D eigenvalue weighted by Crippen LogP contribution is 2.40. The molecule has 1 fully saturated rings. The lowest BCUT2D eigenvalue weighted by Gasteiger charge is -2.18. The number of Topliss-reactive ketones (excluding diaryl/α,β-unsaturated/α-hetero) is 1. The summed E-state index contributed by atoms with van der Waals surface area (Å²) in [5.74, 6) is 5.70. The molecule has 1 unspecified atom stereocenters. The number of nitrogens with zero attached hydrogens (tertiary/aromatic N) is 2. The van der Waals surface area contributed by atoms with E-state index < -0.39 is 9.71 Å². The number of carbonyl (C=O) groups excluding carboxylic acids is 1. The predicted molar refractivity (Wildman–Crippen MR) is 157 cm³/mol. The van der Waals surface area contributed by atoms with Crippen LogP contribution in [0.1, 0.15) is 77.6 Å². The number of hydrogen-bond acceptors (Lipinski definition) is 6. The molecular formula is C31H35N3O4S. The number of anilines is 1. The van der Waals surface area contributed by atoms with Gasteiger partial charge in [0.15, 0.2) is 5.78 Å². The Morgan fingerprint density at radius 1 is 1.15 bits per heavy atom. The molecular weight excluding hydrogens is 510 g/mol. The van der Waals surface area contributed by atoms with Crippen LogP contribution in [0.15, 0.2) is 48.5 Å². The number of benzene rings is 2. The van der Waals surface area contributed by atoms with Gasteiger partial charge in [0.05, 0.1) is 18.4 Å². The van der Waals surface area contributed by atoms with Crippen LogP contribution < -0.4 is 14.2 Å². The number of carbonyl (C=O) groups is 1. The van der Waals surface area contributed by atoms with E-state index in [0.29, 0.717) is 42.3 Å². The van der Waals surface area contributed by atoms with Crippen LogP contribution in [-0.4, -0.2) is 45.3 Å². The van der Waals surface area contributed by atoms with Crippen molar-refractivity contribution in [2.75, 3.05) is 18.1 Å². The van der Waals surface area contributed by atoms with Gasteiger partial charge in [0.2, 0.25) is 5.88 Å². The normalized spacial score (nSPS) is 16.3. The second-order valence-corrected chi connectivity index (χ2v) is 12.5. The van der Waals surface area contributed by atoms with E-state index in [1.54, 1.807) is 19.4 Å². The third kappa shape index (κ3) is 6.17. The zero-order chi connectivity index (χ0) is 27.6. The number of hydrogen-bond donors (Lipinski definition) is 1. The van der Waals surface area contributed by atoms with E-state index in [1.165, 1.54) is 0 Å². The van der Waals surface area contributed by atoms with Gasteiger partial charge in [-0.1, -0.05) is 37.3 Å². The maximum absolute atomic E-state index is 12.2. The summed E-state index contributed by atoms with van der Waals surface area (Å²) in [6.07, 6.45) is 9.78. The summed E-state index contributed by atoms with van der Waals surface area (Å²) in [5.41, 5.74) is 6.14. The van der Waals surface area contributed by atoms with Gasteiger partial charge in [-0.05, 0) is 60.9 Å². The topological polar surface area (TPSA) is 90.4 Å². The number of nitrogens with one attached hydrogen (secondary N) is 1. The SMILES string of the molecule is C=S(C)(=O)Nc1cccc(C2=CCc3nc(Cc4ccc(C(=O)CC)cc4OC)nc(OC4CCCC4)c32)c1. The van der Waals surface area contributed by atoms with Crippen LogP contribution in [0.4, 0.5) is 5.69 Å². The molecule has 7 nitrogen and oxygen atoms in total. The standard InChI is InChI=1S/C31H35N3O4S/c1-5-27(35)21-13-14-22(28(18-21)37-2)19-29-32-26-16-15-25(20-9-8-10-23(17-20)34-39(3,4)36)30(26)31(33-29)38-24-11-6-7-12-24/h8-10,13-15,17-18,24H,3,5-7,11-12,16,19H2,1-2,4H3,(H,34,36). The predicted octanol–water partition coefficient (Wildman–Crippen LogP) is 5.65. The molecule has 39 heavy (non-hydrogen) atoms. The summed E-state index contributed by atoms with van der Waals surface area (Å²) in [6.45, 7) is 1.85. The molecule has 1 aromatic heterocycles. The lowest BCUT2D eigenvalue weighted by Crippen LogP contribution is -2.15. The fraction of sp³-hybridized carbons (Fsp3) is 0.355. The molecule has 0 radical (unpaired) electrons. The quantitative estimate of drug-likeness (QED) is 0.262. The highest BCUT2D eigenvalue weighted by Gasteiger charge is 2.28. The monoisotopic (exact) mass is 545 g/mol. The Labute approximate surface area is 230 Å². The van der Waals surface area contributed by atoms with Crippen molar-refractivity contribution >= 4 is 32.6 Å². The summed E-state index contributed by atoms with van der Waals surface area (Å²) in [6, 6.07) is 13.4. The fourth-order valence-electron chi connectivity index (χ4n) is 5.28. The second kappa shape index (κ2) is 11.2. The zero-order valence-electron chi connectivity index (χ0n) is 22.8. The molecule has 0 amide bonds. The summed E-state index contributed by atoms with van der Waals surface area (Å²) in [5, 5.41) is 0. The summed E-state index contributed by atoms with van der Waals surface area (Å²) >= 11 is 0. The number of ether oxygens (including phenoxy) is 2. The van der Waals surface area contributed by atoms with Gasteiger partial charge in [-0.3, -0.25) is 4.79 Å². The van der Waals surface area contributed by atoms with Crippen molar-refractivity contribution in [2.24, 2.45) is 0 Å². The number of aromatic nitrogens is 2. The van der Waals surface area contributed by atoms with E-state index in [0.717, 1.165) is 59.3 Å².